The SMILES string of the molecule is CCCCCCC=CCOC(=O)CCCCCCCCC(CCCCCCCCC)OC(=O)CCCN(C)C. The summed E-state index contributed by atoms with van der Waals surface area (Å²) in [6.07, 6.45) is 29.8. The van der Waals surface area contributed by atoms with Crippen molar-refractivity contribution >= 4 is 11.9 Å². The van der Waals surface area contributed by atoms with E-state index in [9.17, 15) is 9.59 Å². The van der Waals surface area contributed by atoms with Gasteiger partial charge in [-0.25, -0.2) is 0 Å². The molecule has 0 radical (unpaired) electrons. The molecule has 0 aliphatic heterocycles. The highest BCUT2D eigenvalue weighted by Crippen LogP contribution is 2.18. The van der Waals surface area contributed by atoms with Gasteiger partial charge in [-0.15, -0.1) is 0 Å². The lowest BCUT2D eigenvalue weighted by molar-refractivity contribution is -0.150. The average Bonchev–Trinajstić information content (AvgIpc) is 2.90. The van der Waals surface area contributed by atoms with Crippen molar-refractivity contribution < 1.29 is 19.1 Å². The van der Waals surface area contributed by atoms with Gasteiger partial charge >= 0.3 is 11.9 Å². The highest BCUT2D eigenvalue weighted by atomic mass is 16.5. The molecule has 0 bridgehead atoms. The number of allylic oxidation sites excluding steroid dienone is 1. The minimum Gasteiger partial charge on any atom is -0.462 e. The molecule has 0 aliphatic rings. The zero-order chi connectivity index (χ0) is 28.8. The quantitative estimate of drug-likeness (QED) is 0.0526. The van der Waals surface area contributed by atoms with Crippen molar-refractivity contribution in [3.8, 4) is 0 Å². The molecule has 0 aromatic rings. The summed E-state index contributed by atoms with van der Waals surface area (Å²) in [5.74, 6) is -0.106. The molecular weight excluding hydrogens is 486 g/mol. The Bertz CT molecular complexity index is 576. The van der Waals surface area contributed by atoms with Gasteiger partial charge in [0.25, 0.3) is 0 Å². The van der Waals surface area contributed by atoms with Gasteiger partial charge in [-0.3, -0.25) is 9.59 Å². The standard InChI is InChI=1S/C34H65NO4/c1-5-7-9-11-13-17-21-26-32(39-34(37)29-25-30-35(3)4)27-22-18-14-15-19-23-28-33(36)38-31-24-20-16-12-10-8-6-2/h20,24,32H,5-19,21-23,25-31H2,1-4H3. The number of esters is 2. The normalized spacial score (nSPS) is 12.3. The zero-order valence-electron chi connectivity index (χ0n) is 26.5. The molecule has 5 heteroatoms. The fourth-order valence-corrected chi connectivity index (χ4v) is 4.81. The highest BCUT2D eigenvalue weighted by molar-refractivity contribution is 5.69. The van der Waals surface area contributed by atoms with Gasteiger partial charge in [0.05, 0.1) is 0 Å². The zero-order valence-corrected chi connectivity index (χ0v) is 26.5. The van der Waals surface area contributed by atoms with E-state index < -0.39 is 0 Å². The number of carbonyl (C=O) groups excluding carboxylic acids is 2. The molecule has 0 amide bonds. The molecule has 0 spiro atoms. The monoisotopic (exact) mass is 551 g/mol. The van der Waals surface area contributed by atoms with Crippen molar-refractivity contribution in [1.82, 2.24) is 4.90 Å². The Balaban J connectivity index is 3.95. The highest BCUT2D eigenvalue weighted by Gasteiger charge is 2.14. The predicted octanol–water partition coefficient (Wildman–Crippen LogP) is 9.57. The summed E-state index contributed by atoms with van der Waals surface area (Å²) in [5.41, 5.74) is 0. The van der Waals surface area contributed by atoms with Crippen molar-refractivity contribution in [3.63, 3.8) is 0 Å². The van der Waals surface area contributed by atoms with Crippen molar-refractivity contribution in [3.05, 3.63) is 12.2 Å². The molecule has 0 fully saturated rings. The third-order valence-corrected chi connectivity index (χ3v) is 7.30. The summed E-state index contributed by atoms with van der Waals surface area (Å²) < 4.78 is 11.2. The first-order chi connectivity index (χ1) is 19.0. The van der Waals surface area contributed by atoms with Gasteiger partial charge in [-0.1, -0.05) is 109 Å². The fraction of sp³-hybridized carbons (Fsp3) is 0.882. The first-order valence-electron chi connectivity index (χ1n) is 16.6. The lowest BCUT2D eigenvalue weighted by atomic mass is 10.0. The predicted molar refractivity (Wildman–Crippen MR) is 166 cm³/mol. The van der Waals surface area contributed by atoms with E-state index in [0.29, 0.717) is 19.4 Å². The Labute approximate surface area is 242 Å². The number of hydrogen-bond acceptors (Lipinski definition) is 5. The van der Waals surface area contributed by atoms with Crippen LogP contribution in [0.3, 0.4) is 0 Å². The van der Waals surface area contributed by atoms with Gasteiger partial charge in [0.2, 0.25) is 0 Å². The average molecular weight is 552 g/mol. The minimum absolute atomic E-state index is 0.0286. The summed E-state index contributed by atoms with van der Waals surface area (Å²) in [6, 6.07) is 0. The number of nitrogens with zero attached hydrogens (tertiary/aromatic N) is 1. The Morgan fingerprint density at radius 1 is 0.615 bits per heavy atom. The maximum Gasteiger partial charge on any atom is 0.306 e. The molecule has 0 heterocycles. The van der Waals surface area contributed by atoms with E-state index in [0.717, 1.165) is 64.3 Å². The molecule has 0 aliphatic carbocycles. The van der Waals surface area contributed by atoms with Gasteiger partial charge in [0.1, 0.15) is 12.7 Å². The Kier molecular flexibility index (Phi) is 28.6. The van der Waals surface area contributed by atoms with Crippen LogP contribution in [0.5, 0.6) is 0 Å². The minimum atomic E-state index is -0.0776. The lowest BCUT2D eigenvalue weighted by Crippen LogP contribution is -2.20. The molecular formula is C34H65NO4. The summed E-state index contributed by atoms with van der Waals surface area (Å²) in [7, 11) is 4.08. The van der Waals surface area contributed by atoms with E-state index >= 15 is 0 Å². The van der Waals surface area contributed by atoms with Crippen molar-refractivity contribution in [2.24, 2.45) is 0 Å². The number of rotatable bonds is 29. The summed E-state index contributed by atoms with van der Waals surface area (Å²) in [5, 5.41) is 0. The van der Waals surface area contributed by atoms with Crippen LogP contribution in [0.4, 0.5) is 0 Å². The molecule has 0 saturated carbocycles. The molecule has 230 valence electrons. The third-order valence-electron chi connectivity index (χ3n) is 7.30. The largest absolute Gasteiger partial charge is 0.462 e. The molecule has 0 aromatic carbocycles. The summed E-state index contributed by atoms with van der Waals surface area (Å²) in [6.45, 7) is 5.81. The van der Waals surface area contributed by atoms with Crippen molar-refractivity contribution in [1.29, 1.82) is 0 Å². The molecule has 1 unspecified atom stereocenters. The van der Waals surface area contributed by atoms with Gasteiger partial charge in [-0.05, 0) is 72.0 Å². The topological polar surface area (TPSA) is 55.8 Å². The molecule has 39 heavy (non-hydrogen) atoms. The smallest absolute Gasteiger partial charge is 0.306 e. The van der Waals surface area contributed by atoms with E-state index in [4.69, 9.17) is 9.47 Å². The van der Waals surface area contributed by atoms with E-state index in [1.54, 1.807) is 0 Å². The van der Waals surface area contributed by atoms with E-state index in [1.807, 2.05) is 20.2 Å². The maximum absolute atomic E-state index is 12.4. The molecule has 0 saturated heterocycles. The molecule has 0 rings (SSSR count). The number of ether oxygens (including phenoxy) is 2. The number of unbranched alkanes of at least 4 members (excludes halogenated alkanes) is 15. The van der Waals surface area contributed by atoms with Crippen LogP contribution in [0.2, 0.25) is 0 Å². The Morgan fingerprint density at radius 3 is 1.72 bits per heavy atom. The van der Waals surface area contributed by atoms with Crippen LogP contribution >= 0.6 is 0 Å². The van der Waals surface area contributed by atoms with E-state index in [2.05, 4.69) is 24.8 Å². The Morgan fingerprint density at radius 2 is 1.13 bits per heavy atom. The molecule has 0 N–H and O–H groups in total. The summed E-state index contributed by atoms with van der Waals surface area (Å²) >= 11 is 0. The second-order valence-corrected chi connectivity index (χ2v) is 11.6. The number of carbonyl (C=O) groups is 2. The van der Waals surface area contributed by atoms with Crippen molar-refractivity contribution in [2.75, 3.05) is 27.2 Å². The molecule has 5 nitrogen and oxygen atoms in total. The second-order valence-electron chi connectivity index (χ2n) is 11.6. The lowest BCUT2D eigenvalue weighted by Gasteiger charge is -2.18. The van der Waals surface area contributed by atoms with E-state index in [1.165, 1.54) is 77.0 Å². The van der Waals surface area contributed by atoms with Gasteiger partial charge in [0, 0.05) is 12.8 Å². The van der Waals surface area contributed by atoms with Crippen LogP contribution in [-0.2, 0) is 19.1 Å². The van der Waals surface area contributed by atoms with Crippen LogP contribution in [0.25, 0.3) is 0 Å². The van der Waals surface area contributed by atoms with Gasteiger partial charge < -0.3 is 14.4 Å². The summed E-state index contributed by atoms with van der Waals surface area (Å²) in [4.78, 5) is 26.4. The van der Waals surface area contributed by atoms with Crippen LogP contribution < -0.4 is 0 Å². The van der Waals surface area contributed by atoms with Crippen molar-refractivity contribution in [2.45, 2.75) is 168 Å². The van der Waals surface area contributed by atoms with Gasteiger partial charge in [-0.2, -0.15) is 0 Å². The third kappa shape index (κ3) is 29.4. The van der Waals surface area contributed by atoms with Crippen LogP contribution in [-0.4, -0.2) is 50.2 Å². The van der Waals surface area contributed by atoms with Crippen LogP contribution in [0, 0.1) is 0 Å². The van der Waals surface area contributed by atoms with Gasteiger partial charge in [0.15, 0.2) is 0 Å². The first kappa shape index (κ1) is 37.6. The fourth-order valence-electron chi connectivity index (χ4n) is 4.81. The van der Waals surface area contributed by atoms with Crippen LogP contribution in [0.15, 0.2) is 12.2 Å². The first-order valence-corrected chi connectivity index (χ1v) is 16.6. The number of hydrogen-bond donors (Lipinski definition) is 0. The Hall–Kier alpha value is -1.36. The second kappa shape index (κ2) is 29.6. The molecule has 1 atom stereocenters. The van der Waals surface area contributed by atoms with E-state index in [-0.39, 0.29) is 18.0 Å². The van der Waals surface area contributed by atoms with Crippen LogP contribution in [0.1, 0.15) is 162 Å². The maximum atomic E-state index is 12.4. The molecule has 0 aromatic heterocycles.